The lowest BCUT2D eigenvalue weighted by Crippen LogP contribution is -2.54. The molecule has 0 bridgehead atoms. The Bertz CT molecular complexity index is 1440. The molecule has 2 atom stereocenters. The molecule has 0 aliphatic carbocycles. The van der Waals surface area contributed by atoms with Crippen molar-refractivity contribution in [1.82, 2.24) is 9.88 Å². The summed E-state index contributed by atoms with van der Waals surface area (Å²) >= 11 is 0. The molecular formula is C29H28N4O. The van der Waals surface area contributed by atoms with Gasteiger partial charge in [0.1, 0.15) is 0 Å². The van der Waals surface area contributed by atoms with Crippen molar-refractivity contribution in [2.24, 2.45) is 0 Å². The SMILES string of the molecule is [C-]#[N+]c1ccc(-c2cccc3c(=O)n(-c4ccc(N5C[C@@H](C)N[C@H](C)C5)cc4)cc(C)c23)cc1. The highest BCUT2D eigenvalue weighted by Crippen LogP contribution is 2.31. The van der Waals surface area contributed by atoms with E-state index in [1.807, 2.05) is 67.7 Å². The summed E-state index contributed by atoms with van der Waals surface area (Å²) < 4.78 is 1.75. The number of fused-ring (bicyclic) bond motifs is 1. The van der Waals surface area contributed by atoms with Gasteiger partial charge in [0.15, 0.2) is 5.69 Å². The molecular weight excluding hydrogens is 420 g/mol. The summed E-state index contributed by atoms with van der Waals surface area (Å²) in [4.78, 5) is 19.4. The lowest BCUT2D eigenvalue weighted by Gasteiger charge is -2.37. The molecule has 1 saturated heterocycles. The normalized spacial score (nSPS) is 18.1. The van der Waals surface area contributed by atoms with Crippen LogP contribution in [0.2, 0.25) is 0 Å². The summed E-state index contributed by atoms with van der Waals surface area (Å²) in [6, 6.07) is 22.6. The van der Waals surface area contributed by atoms with Crippen molar-refractivity contribution in [3.63, 3.8) is 0 Å². The number of pyridine rings is 1. The number of nitrogens with zero attached hydrogens (tertiary/aromatic N) is 3. The first kappa shape index (κ1) is 21.9. The maximum Gasteiger partial charge on any atom is 0.262 e. The number of benzene rings is 3. The second-order valence-electron chi connectivity index (χ2n) is 9.26. The number of piperazine rings is 1. The Labute approximate surface area is 200 Å². The van der Waals surface area contributed by atoms with E-state index < -0.39 is 0 Å². The van der Waals surface area contributed by atoms with Gasteiger partial charge in [-0.1, -0.05) is 36.4 Å². The molecule has 5 nitrogen and oxygen atoms in total. The molecule has 0 spiro atoms. The number of aryl methyl sites for hydroxylation is 1. The summed E-state index contributed by atoms with van der Waals surface area (Å²) in [5.74, 6) is 0. The van der Waals surface area contributed by atoms with Crippen LogP contribution in [0.5, 0.6) is 0 Å². The monoisotopic (exact) mass is 448 g/mol. The fourth-order valence-corrected chi connectivity index (χ4v) is 5.11. The molecule has 0 radical (unpaired) electrons. The zero-order valence-electron chi connectivity index (χ0n) is 19.7. The third-order valence-corrected chi connectivity index (χ3v) is 6.59. The second kappa shape index (κ2) is 8.81. The maximum atomic E-state index is 13.5. The number of anilines is 1. The molecule has 3 aromatic carbocycles. The fourth-order valence-electron chi connectivity index (χ4n) is 5.11. The van der Waals surface area contributed by atoms with Crippen molar-refractivity contribution in [3.8, 4) is 16.8 Å². The minimum Gasteiger partial charge on any atom is -0.368 e. The van der Waals surface area contributed by atoms with Gasteiger partial charge in [-0.05, 0) is 73.2 Å². The highest BCUT2D eigenvalue weighted by molar-refractivity contribution is 5.98. The first-order valence-corrected chi connectivity index (χ1v) is 11.7. The molecule has 1 fully saturated rings. The van der Waals surface area contributed by atoms with Crippen LogP contribution in [0.25, 0.3) is 32.4 Å². The Kier molecular flexibility index (Phi) is 5.69. The van der Waals surface area contributed by atoms with E-state index in [2.05, 4.69) is 41.0 Å². The number of rotatable bonds is 3. The molecule has 5 rings (SSSR count). The molecule has 1 aliphatic heterocycles. The average Bonchev–Trinajstić information content (AvgIpc) is 2.85. The fraction of sp³-hybridized carbons (Fsp3) is 0.241. The molecule has 2 heterocycles. The van der Waals surface area contributed by atoms with Gasteiger partial charge in [0, 0.05) is 48.1 Å². The summed E-state index contributed by atoms with van der Waals surface area (Å²) in [6.45, 7) is 15.6. The van der Waals surface area contributed by atoms with Crippen molar-refractivity contribution in [3.05, 3.63) is 100 Å². The van der Waals surface area contributed by atoms with E-state index >= 15 is 0 Å². The van der Waals surface area contributed by atoms with Gasteiger partial charge in [-0.25, -0.2) is 4.85 Å². The molecule has 4 aromatic rings. The highest BCUT2D eigenvalue weighted by Gasteiger charge is 2.21. The zero-order valence-corrected chi connectivity index (χ0v) is 19.7. The van der Waals surface area contributed by atoms with Crippen molar-refractivity contribution in [2.45, 2.75) is 32.9 Å². The van der Waals surface area contributed by atoms with Gasteiger partial charge < -0.3 is 10.2 Å². The van der Waals surface area contributed by atoms with Crippen LogP contribution in [-0.4, -0.2) is 29.7 Å². The van der Waals surface area contributed by atoms with E-state index in [1.165, 1.54) is 5.69 Å². The van der Waals surface area contributed by atoms with Gasteiger partial charge in [-0.2, -0.15) is 0 Å². The van der Waals surface area contributed by atoms with Crippen LogP contribution in [0.15, 0.2) is 77.7 Å². The van der Waals surface area contributed by atoms with Crippen LogP contribution in [-0.2, 0) is 0 Å². The van der Waals surface area contributed by atoms with E-state index in [-0.39, 0.29) is 5.56 Å². The van der Waals surface area contributed by atoms with Gasteiger partial charge in [0.25, 0.3) is 5.56 Å². The molecule has 1 aromatic heterocycles. The molecule has 0 unspecified atom stereocenters. The summed E-state index contributed by atoms with van der Waals surface area (Å²) in [5.41, 5.74) is 5.67. The van der Waals surface area contributed by atoms with E-state index in [0.717, 1.165) is 40.9 Å². The minimum absolute atomic E-state index is 0.0302. The number of aromatic nitrogens is 1. The number of nitrogens with one attached hydrogen (secondary N) is 1. The van der Waals surface area contributed by atoms with Gasteiger partial charge in [0.05, 0.1) is 6.57 Å². The van der Waals surface area contributed by atoms with Crippen LogP contribution in [0, 0.1) is 13.5 Å². The van der Waals surface area contributed by atoms with Crippen LogP contribution in [0.3, 0.4) is 0 Å². The van der Waals surface area contributed by atoms with Crippen molar-refractivity contribution >= 4 is 22.1 Å². The van der Waals surface area contributed by atoms with E-state index in [1.54, 1.807) is 4.57 Å². The third-order valence-electron chi connectivity index (χ3n) is 6.59. The predicted molar refractivity (Wildman–Crippen MR) is 140 cm³/mol. The Hall–Kier alpha value is -3.88. The lowest BCUT2D eigenvalue weighted by atomic mass is 9.96. The second-order valence-corrected chi connectivity index (χ2v) is 9.26. The quantitative estimate of drug-likeness (QED) is 0.409. The third kappa shape index (κ3) is 3.98. The van der Waals surface area contributed by atoms with Gasteiger partial charge in [-0.15, -0.1) is 0 Å². The van der Waals surface area contributed by atoms with Gasteiger partial charge >= 0.3 is 0 Å². The van der Waals surface area contributed by atoms with Crippen molar-refractivity contribution < 1.29 is 0 Å². The van der Waals surface area contributed by atoms with Crippen LogP contribution < -0.4 is 15.8 Å². The molecule has 1 N–H and O–H groups in total. The lowest BCUT2D eigenvalue weighted by molar-refractivity contribution is 0.407. The largest absolute Gasteiger partial charge is 0.368 e. The topological polar surface area (TPSA) is 41.6 Å². The first-order chi connectivity index (χ1) is 16.4. The summed E-state index contributed by atoms with van der Waals surface area (Å²) in [7, 11) is 0. The maximum absolute atomic E-state index is 13.5. The van der Waals surface area contributed by atoms with Gasteiger partial charge in [0.2, 0.25) is 0 Å². The van der Waals surface area contributed by atoms with Crippen molar-refractivity contribution in [1.29, 1.82) is 0 Å². The number of hydrogen-bond acceptors (Lipinski definition) is 3. The molecule has 0 amide bonds. The van der Waals surface area contributed by atoms with Crippen LogP contribution >= 0.6 is 0 Å². The smallest absolute Gasteiger partial charge is 0.262 e. The van der Waals surface area contributed by atoms with Crippen molar-refractivity contribution in [2.75, 3.05) is 18.0 Å². The van der Waals surface area contributed by atoms with E-state index in [9.17, 15) is 4.79 Å². The first-order valence-electron chi connectivity index (χ1n) is 11.7. The molecule has 34 heavy (non-hydrogen) atoms. The minimum atomic E-state index is -0.0302. The summed E-state index contributed by atoms with van der Waals surface area (Å²) in [5, 5.41) is 5.22. The Morgan fingerprint density at radius 1 is 0.912 bits per heavy atom. The van der Waals surface area contributed by atoms with Crippen LogP contribution in [0.4, 0.5) is 11.4 Å². The summed E-state index contributed by atoms with van der Waals surface area (Å²) in [6.07, 6.45) is 1.94. The molecule has 170 valence electrons. The zero-order chi connectivity index (χ0) is 23.8. The Morgan fingerprint density at radius 2 is 1.56 bits per heavy atom. The van der Waals surface area contributed by atoms with Crippen LogP contribution in [0.1, 0.15) is 19.4 Å². The van der Waals surface area contributed by atoms with Gasteiger partial charge in [-0.3, -0.25) is 9.36 Å². The molecule has 0 saturated carbocycles. The molecule has 5 heteroatoms. The standard InChI is InChI=1S/C29H28N4O/c1-19-16-33(25-14-12-24(13-15-25)32-17-20(2)31-21(3)18-32)29(34)27-7-5-6-26(28(19)27)22-8-10-23(30-4)11-9-22/h5-16,20-21,31H,17-18H2,1-3H3/t20-,21-/m1/s1. The van der Waals surface area contributed by atoms with E-state index in [4.69, 9.17) is 6.57 Å². The molecule has 1 aliphatic rings. The van der Waals surface area contributed by atoms with E-state index in [0.29, 0.717) is 23.2 Å². The Balaban J connectivity index is 1.55. The Morgan fingerprint density at radius 3 is 2.21 bits per heavy atom. The highest BCUT2D eigenvalue weighted by atomic mass is 16.1. The predicted octanol–water partition coefficient (Wildman–Crippen LogP) is 5.70. The average molecular weight is 449 g/mol. The number of hydrogen-bond donors (Lipinski definition) is 1.